The summed E-state index contributed by atoms with van der Waals surface area (Å²) in [7, 11) is 0. The molecule has 0 aliphatic heterocycles. The third-order valence-electron chi connectivity index (χ3n) is 5.00. The van der Waals surface area contributed by atoms with Gasteiger partial charge in [0.2, 0.25) is 0 Å². The van der Waals surface area contributed by atoms with Gasteiger partial charge in [-0.1, -0.05) is 23.3 Å². The van der Waals surface area contributed by atoms with Crippen molar-refractivity contribution >= 4 is 11.0 Å². The van der Waals surface area contributed by atoms with Crippen LogP contribution in [0.1, 0.15) is 38.8 Å². The van der Waals surface area contributed by atoms with Crippen LogP contribution < -0.4 is 5.43 Å². The molecule has 0 saturated carbocycles. The van der Waals surface area contributed by atoms with Gasteiger partial charge in [0, 0.05) is 22.8 Å². The van der Waals surface area contributed by atoms with Gasteiger partial charge in [-0.3, -0.25) is 4.79 Å². The molecule has 0 radical (unpaired) electrons. The predicted molar refractivity (Wildman–Crippen MR) is 121 cm³/mol. The Balaban J connectivity index is 2.36. The molecule has 6 nitrogen and oxygen atoms in total. The van der Waals surface area contributed by atoms with Crippen LogP contribution in [0.4, 0.5) is 0 Å². The fourth-order valence-electron chi connectivity index (χ4n) is 3.30. The second kappa shape index (κ2) is 8.60. The number of phenolic OH excluding ortho intramolecular Hbond substituents is 4. The Labute approximate surface area is 180 Å². The smallest absolute Gasteiger partial charge is 0.197 e. The highest BCUT2D eigenvalue weighted by Gasteiger charge is 2.23. The molecule has 0 atom stereocenters. The first-order chi connectivity index (χ1) is 14.6. The van der Waals surface area contributed by atoms with Gasteiger partial charge in [0.15, 0.2) is 16.9 Å². The third kappa shape index (κ3) is 4.43. The lowest BCUT2D eigenvalue weighted by Crippen LogP contribution is -2.05. The molecule has 6 heteroatoms. The van der Waals surface area contributed by atoms with Gasteiger partial charge in [0.1, 0.15) is 28.2 Å². The summed E-state index contributed by atoms with van der Waals surface area (Å²) in [6, 6.07) is 5.28. The normalized spacial score (nSPS) is 10.8. The van der Waals surface area contributed by atoms with Crippen LogP contribution in [0.15, 0.2) is 56.8 Å². The number of hydrogen-bond donors (Lipinski definition) is 4. The number of phenols is 4. The Morgan fingerprint density at radius 3 is 2.03 bits per heavy atom. The molecule has 0 spiro atoms. The standard InChI is InChI=1S/C25H26O6/c1-13(2)5-8-16-23(29)17(9-6-14(3)4)25-22(24(16)30)20(28)12-21(31-25)15-7-10-18(26)19(27)11-15/h5-7,10-12,26-27,29-30H,8-9H2,1-4H3. The summed E-state index contributed by atoms with van der Waals surface area (Å²) in [5.41, 5.74) is 2.69. The Morgan fingerprint density at radius 2 is 1.45 bits per heavy atom. The molecular formula is C25H26O6. The predicted octanol–water partition coefficient (Wildman–Crippen LogP) is 5.30. The van der Waals surface area contributed by atoms with Crippen LogP contribution >= 0.6 is 0 Å². The minimum Gasteiger partial charge on any atom is -0.507 e. The lowest BCUT2D eigenvalue weighted by molar-refractivity contribution is 0.404. The van der Waals surface area contributed by atoms with E-state index >= 15 is 0 Å². The number of allylic oxidation sites excluding steroid dienone is 4. The fourth-order valence-corrected chi connectivity index (χ4v) is 3.30. The topological polar surface area (TPSA) is 111 Å². The molecule has 1 heterocycles. The van der Waals surface area contributed by atoms with E-state index in [1.54, 1.807) is 0 Å². The lowest BCUT2D eigenvalue weighted by atomic mass is 9.96. The minimum absolute atomic E-state index is 0.00105. The monoisotopic (exact) mass is 422 g/mol. The van der Waals surface area contributed by atoms with Crippen LogP contribution in [-0.2, 0) is 12.8 Å². The van der Waals surface area contributed by atoms with Crippen molar-refractivity contribution in [2.45, 2.75) is 40.5 Å². The zero-order valence-electron chi connectivity index (χ0n) is 18.0. The van der Waals surface area contributed by atoms with Crippen LogP contribution in [-0.4, -0.2) is 20.4 Å². The van der Waals surface area contributed by atoms with Crippen molar-refractivity contribution in [2.24, 2.45) is 0 Å². The van der Waals surface area contributed by atoms with E-state index in [-0.39, 0.29) is 51.7 Å². The molecule has 2 aromatic carbocycles. The van der Waals surface area contributed by atoms with Gasteiger partial charge in [-0.05, 0) is 58.7 Å². The zero-order chi connectivity index (χ0) is 22.9. The van der Waals surface area contributed by atoms with Gasteiger partial charge in [-0.15, -0.1) is 0 Å². The van der Waals surface area contributed by atoms with Crippen molar-refractivity contribution < 1.29 is 24.8 Å². The molecule has 3 rings (SSSR count). The van der Waals surface area contributed by atoms with Crippen molar-refractivity contribution in [3.8, 4) is 34.3 Å². The minimum atomic E-state index is -0.474. The summed E-state index contributed by atoms with van der Waals surface area (Å²) in [6.07, 6.45) is 4.33. The number of benzene rings is 2. The molecule has 4 N–H and O–H groups in total. The van der Waals surface area contributed by atoms with Crippen molar-refractivity contribution in [1.82, 2.24) is 0 Å². The molecule has 0 unspecified atom stereocenters. The molecule has 1 aromatic heterocycles. The second-order valence-electron chi connectivity index (χ2n) is 8.01. The van der Waals surface area contributed by atoms with Crippen molar-refractivity contribution in [1.29, 1.82) is 0 Å². The largest absolute Gasteiger partial charge is 0.507 e. The molecule has 0 bridgehead atoms. The zero-order valence-corrected chi connectivity index (χ0v) is 18.0. The van der Waals surface area contributed by atoms with Crippen molar-refractivity contribution in [3.05, 3.63) is 68.9 Å². The fraction of sp³-hybridized carbons (Fsp3) is 0.240. The van der Waals surface area contributed by atoms with E-state index in [2.05, 4.69) is 0 Å². The summed E-state index contributed by atoms with van der Waals surface area (Å²) < 4.78 is 5.97. The molecule has 0 fully saturated rings. The second-order valence-corrected chi connectivity index (χ2v) is 8.01. The van der Waals surface area contributed by atoms with Gasteiger partial charge < -0.3 is 24.8 Å². The van der Waals surface area contributed by atoms with Gasteiger partial charge in [-0.25, -0.2) is 0 Å². The maximum Gasteiger partial charge on any atom is 0.197 e. The first-order valence-electron chi connectivity index (χ1n) is 9.92. The molecule has 0 aliphatic rings. The molecule has 0 saturated heterocycles. The summed E-state index contributed by atoms with van der Waals surface area (Å²) in [5.74, 6) is -0.932. The highest BCUT2D eigenvalue weighted by Crippen LogP contribution is 2.41. The Bertz CT molecular complexity index is 1270. The molecule has 0 amide bonds. The van der Waals surface area contributed by atoms with Crippen LogP contribution in [0.25, 0.3) is 22.3 Å². The molecular weight excluding hydrogens is 396 g/mol. The average molecular weight is 422 g/mol. The Kier molecular flexibility index (Phi) is 6.11. The third-order valence-corrected chi connectivity index (χ3v) is 5.00. The summed E-state index contributed by atoms with van der Waals surface area (Å²) in [6.45, 7) is 7.66. The van der Waals surface area contributed by atoms with Gasteiger partial charge in [0.25, 0.3) is 0 Å². The maximum atomic E-state index is 13.0. The van der Waals surface area contributed by atoms with E-state index in [4.69, 9.17) is 4.42 Å². The van der Waals surface area contributed by atoms with Gasteiger partial charge in [-0.2, -0.15) is 0 Å². The van der Waals surface area contributed by atoms with Gasteiger partial charge in [0.05, 0.1) is 0 Å². The van der Waals surface area contributed by atoms with Crippen molar-refractivity contribution in [3.63, 3.8) is 0 Å². The van der Waals surface area contributed by atoms with E-state index in [0.717, 1.165) is 11.1 Å². The lowest BCUT2D eigenvalue weighted by Gasteiger charge is -2.15. The SMILES string of the molecule is CC(C)=CCc1c(O)c(CC=C(C)C)c2oc(-c3ccc(O)c(O)c3)cc(=O)c2c1O. The first kappa shape index (κ1) is 22.0. The van der Waals surface area contributed by atoms with E-state index < -0.39 is 5.43 Å². The first-order valence-corrected chi connectivity index (χ1v) is 9.92. The average Bonchev–Trinajstić information content (AvgIpc) is 2.68. The van der Waals surface area contributed by atoms with E-state index in [1.807, 2.05) is 39.8 Å². The number of rotatable bonds is 5. The van der Waals surface area contributed by atoms with Gasteiger partial charge >= 0.3 is 0 Å². The summed E-state index contributed by atoms with van der Waals surface area (Å²) >= 11 is 0. The van der Waals surface area contributed by atoms with E-state index in [0.29, 0.717) is 17.5 Å². The molecule has 162 valence electrons. The highest BCUT2D eigenvalue weighted by molar-refractivity contribution is 5.91. The van der Waals surface area contributed by atoms with Crippen LogP contribution in [0.2, 0.25) is 0 Å². The van der Waals surface area contributed by atoms with Crippen LogP contribution in [0, 0.1) is 0 Å². The summed E-state index contributed by atoms with van der Waals surface area (Å²) in [4.78, 5) is 13.0. The highest BCUT2D eigenvalue weighted by atomic mass is 16.3. The Morgan fingerprint density at radius 1 is 0.839 bits per heavy atom. The molecule has 0 aliphatic carbocycles. The molecule has 31 heavy (non-hydrogen) atoms. The van der Waals surface area contributed by atoms with E-state index in [9.17, 15) is 25.2 Å². The maximum absolute atomic E-state index is 13.0. The molecule has 3 aromatic rings. The van der Waals surface area contributed by atoms with Crippen LogP contribution in [0.3, 0.4) is 0 Å². The van der Waals surface area contributed by atoms with Crippen molar-refractivity contribution in [2.75, 3.05) is 0 Å². The Hall–Kier alpha value is -3.67. The van der Waals surface area contributed by atoms with E-state index in [1.165, 1.54) is 24.3 Å². The number of hydrogen-bond acceptors (Lipinski definition) is 6. The quantitative estimate of drug-likeness (QED) is 0.328. The number of aromatic hydroxyl groups is 4. The number of fused-ring (bicyclic) bond motifs is 1. The summed E-state index contributed by atoms with van der Waals surface area (Å²) in [5, 5.41) is 41.2. The van der Waals surface area contributed by atoms with Crippen LogP contribution in [0.5, 0.6) is 23.0 Å².